The monoisotopic (exact) mass is 143 g/mol. The molecule has 0 saturated carbocycles. The molecular formula is C8H17NO. The van der Waals surface area contributed by atoms with E-state index >= 15 is 0 Å². The van der Waals surface area contributed by atoms with Crippen molar-refractivity contribution in [3.8, 4) is 0 Å². The minimum absolute atomic E-state index is 0.275. The van der Waals surface area contributed by atoms with E-state index in [0.29, 0.717) is 12.8 Å². The molecule has 0 spiro atoms. The number of nitrogens with two attached hydrogens (primary N) is 1. The molecule has 0 radical (unpaired) electrons. The first-order valence-electron chi connectivity index (χ1n) is 3.53. The molecule has 0 rings (SSSR count). The van der Waals surface area contributed by atoms with Gasteiger partial charge < -0.3 is 10.8 Å². The molecular weight excluding hydrogens is 126 g/mol. The number of aliphatic hydroxyl groups excluding tert-OH is 1. The summed E-state index contributed by atoms with van der Waals surface area (Å²) in [4.78, 5) is 0. The highest BCUT2D eigenvalue weighted by Crippen LogP contribution is 2.09. The van der Waals surface area contributed by atoms with E-state index in [1.165, 1.54) is 0 Å². The van der Waals surface area contributed by atoms with E-state index in [4.69, 9.17) is 5.73 Å². The van der Waals surface area contributed by atoms with Gasteiger partial charge in [-0.1, -0.05) is 6.08 Å². The minimum atomic E-state index is -0.336. The van der Waals surface area contributed by atoms with Crippen LogP contribution in [0.2, 0.25) is 0 Å². The van der Waals surface area contributed by atoms with Crippen molar-refractivity contribution in [1.29, 1.82) is 0 Å². The molecule has 0 bridgehead atoms. The first-order valence-corrected chi connectivity index (χ1v) is 3.53. The van der Waals surface area contributed by atoms with Crippen LogP contribution in [0.4, 0.5) is 0 Å². The largest absolute Gasteiger partial charge is 0.393 e. The van der Waals surface area contributed by atoms with E-state index in [2.05, 4.69) is 6.58 Å². The maximum atomic E-state index is 9.23. The molecule has 10 heavy (non-hydrogen) atoms. The second-order valence-electron chi connectivity index (χ2n) is 3.37. The van der Waals surface area contributed by atoms with E-state index in [9.17, 15) is 5.11 Å². The first-order chi connectivity index (χ1) is 4.45. The Morgan fingerprint density at radius 2 is 2.20 bits per heavy atom. The van der Waals surface area contributed by atoms with Crippen LogP contribution in [0.15, 0.2) is 12.7 Å². The van der Waals surface area contributed by atoms with Gasteiger partial charge >= 0.3 is 0 Å². The van der Waals surface area contributed by atoms with E-state index in [1.54, 1.807) is 6.08 Å². The highest BCUT2D eigenvalue weighted by molar-refractivity contribution is 4.80. The average molecular weight is 143 g/mol. The summed E-state index contributed by atoms with van der Waals surface area (Å²) in [7, 11) is 0. The molecule has 3 N–H and O–H groups in total. The van der Waals surface area contributed by atoms with E-state index < -0.39 is 0 Å². The summed E-state index contributed by atoms with van der Waals surface area (Å²) in [6.07, 6.45) is 2.62. The molecule has 0 heterocycles. The molecule has 0 fully saturated rings. The molecule has 0 aliphatic carbocycles. The summed E-state index contributed by atoms with van der Waals surface area (Å²) in [5.41, 5.74) is 5.40. The summed E-state index contributed by atoms with van der Waals surface area (Å²) >= 11 is 0. The van der Waals surface area contributed by atoms with Gasteiger partial charge in [0.2, 0.25) is 0 Å². The summed E-state index contributed by atoms with van der Waals surface area (Å²) in [6.45, 7) is 7.33. The van der Waals surface area contributed by atoms with Gasteiger partial charge in [-0.15, -0.1) is 6.58 Å². The van der Waals surface area contributed by atoms with Crippen LogP contribution >= 0.6 is 0 Å². The lowest BCUT2D eigenvalue weighted by atomic mass is 9.97. The van der Waals surface area contributed by atoms with Crippen molar-refractivity contribution in [3.63, 3.8) is 0 Å². The van der Waals surface area contributed by atoms with Crippen LogP contribution < -0.4 is 5.73 Å². The fraction of sp³-hybridized carbons (Fsp3) is 0.750. The Kier molecular flexibility index (Phi) is 3.61. The Bertz CT molecular complexity index is 104. The molecule has 0 aromatic carbocycles. The summed E-state index contributed by atoms with van der Waals surface area (Å²) in [6, 6.07) is 0. The van der Waals surface area contributed by atoms with Crippen molar-refractivity contribution >= 4 is 0 Å². The standard InChI is InChI=1S/C8H17NO/c1-4-5-7(10)6-8(2,3)9/h4,7,10H,1,5-6,9H2,2-3H3. The number of aliphatic hydroxyl groups is 1. The molecule has 0 aromatic heterocycles. The average Bonchev–Trinajstić information content (AvgIpc) is 1.59. The normalized spacial score (nSPS) is 14.8. The zero-order valence-corrected chi connectivity index (χ0v) is 6.80. The lowest BCUT2D eigenvalue weighted by Crippen LogP contribution is -2.35. The maximum Gasteiger partial charge on any atom is 0.0591 e. The third kappa shape index (κ3) is 5.79. The molecule has 60 valence electrons. The Hall–Kier alpha value is -0.340. The SMILES string of the molecule is C=CCC(O)CC(C)(C)N. The minimum Gasteiger partial charge on any atom is -0.393 e. The van der Waals surface area contributed by atoms with Gasteiger partial charge in [-0.2, -0.15) is 0 Å². The topological polar surface area (TPSA) is 46.2 Å². The van der Waals surface area contributed by atoms with E-state index in [0.717, 1.165) is 0 Å². The number of rotatable bonds is 4. The maximum absolute atomic E-state index is 9.23. The predicted octanol–water partition coefficient (Wildman–Crippen LogP) is 1.05. The van der Waals surface area contributed by atoms with Crippen LogP contribution in [-0.2, 0) is 0 Å². The fourth-order valence-electron chi connectivity index (χ4n) is 0.883. The molecule has 2 nitrogen and oxygen atoms in total. The highest BCUT2D eigenvalue weighted by atomic mass is 16.3. The van der Waals surface area contributed by atoms with Crippen LogP contribution in [0.3, 0.4) is 0 Å². The van der Waals surface area contributed by atoms with Crippen molar-refractivity contribution in [2.75, 3.05) is 0 Å². The lowest BCUT2D eigenvalue weighted by molar-refractivity contribution is 0.143. The third-order valence-corrected chi connectivity index (χ3v) is 1.20. The Labute approximate surface area is 62.7 Å². The molecule has 1 unspecified atom stereocenters. The zero-order valence-electron chi connectivity index (χ0n) is 6.80. The Balaban J connectivity index is 3.56. The Morgan fingerprint density at radius 3 is 2.50 bits per heavy atom. The third-order valence-electron chi connectivity index (χ3n) is 1.20. The van der Waals surface area contributed by atoms with Crippen molar-refractivity contribution in [2.45, 2.75) is 38.3 Å². The summed E-state index contributed by atoms with van der Waals surface area (Å²) < 4.78 is 0. The van der Waals surface area contributed by atoms with Gasteiger partial charge in [0.15, 0.2) is 0 Å². The number of hydrogen-bond acceptors (Lipinski definition) is 2. The fourth-order valence-corrected chi connectivity index (χ4v) is 0.883. The highest BCUT2D eigenvalue weighted by Gasteiger charge is 2.15. The molecule has 0 aliphatic rings. The molecule has 0 saturated heterocycles. The molecule has 0 aromatic rings. The van der Waals surface area contributed by atoms with Gasteiger partial charge in [-0.25, -0.2) is 0 Å². The smallest absolute Gasteiger partial charge is 0.0591 e. The second kappa shape index (κ2) is 3.74. The lowest BCUT2D eigenvalue weighted by Gasteiger charge is -2.21. The molecule has 0 aliphatic heterocycles. The van der Waals surface area contributed by atoms with E-state index in [1.807, 2.05) is 13.8 Å². The molecule has 0 amide bonds. The van der Waals surface area contributed by atoms with Gasteiger partial charge in [0.1, 0.15) is 0 Å². The van der Waals surface area contributed by atoms with Crippen LogP contribution in [0.25, 0.3) is 0 Å². The molecule has 2 heteroatoms. The van der Waals surface area contributed by atoms with Gasteiger partial charge in [0, 0.05) is 5.54 Å². The summed E-state index contributed by atoms with van der Waals surface area (Å²) in [5.74, 6) is 0. The van der Waals surface area contributed by atoms with Crippen LogP contribution in [0.5, 0.6) is 0 Å². The van der Waals surface area contributed by atoms with Crippen molar-refractivity contribution in [1.82, 2.24) is 0 Å². The van der Waals surface area contributed by atoms with Crippen molar-refractivity contribution in [2.24, 2.45) is 5.73 Å². The Morgan fingerprint density at radius 1 is 1.70 bits per heavy atom. The first kappa shape index (κ1) is 9.66. The second-order valence-corrected chi connectivity index (χ2v) is 3.37. The van der Waals surface area contributed by atoms with Crippen molar-refractivity contribution in [3.05, 3.63) is 12.7 Å². The van der Waals surface area contributed by atoms with Crippen molar-refractivity contribution < 1.29 is 5.11 Å². The molecule has 1 atom stereocenters. The van der Waals surface area contributed by atoms with E-state index in [-0.39, 0.29) is 11.6 Å². The summed E-state index contributed by atoms with van der Waals surface area (Å²) in [5, 5.41) is 9.23. The van der Waals surface area contributed by atoms with Crippen LogP contribution in [-0.4, -0.2) is 16.7 Å². The van der Waals surface area contributed by atoms with Gasteiger partial charge in [0.25, 0.3) is 0 Å². The van der Waals surface area contributed by atoms with Gasteiger partial charge in [-0.3, -0.25) is 0 Å². The van der Waals surface area contributed by atoms with Crippen LogP contribution in [0.1, 0.15) is 26.7 Å². The predicted molar refractivity (Wildman–Crippen MR) is 43.7 cm³/mol. The quantitative estimate of drug-likeness (QED) is 0.578. The van der Waals surface area contributed by atoms with Crippen LogP contribution in [0, 0.1) is 0 Å². The van der Waals surface area contributed by atoms with Gasteiger partial charge in [0.05, 0.1) is 6.10 Å². The zero-order chi connectivity index (χ0) is 8.20. The van der Waals surface area contributed by atoms with Gasteiger partial charge in [-0.05, 0) is 26.7 Å². The number of hydrogen-bond donors (Lipinski definition) is 2.